The van der Waals surface area contributed by atoms with Gasteiger partial charge in [-0.3, -0.25) is 0 Å². The van der Waals surface area contributed by atoms with Crippen LogP contribution in [0.3, 0.4) is 0 Å². The summed E-state index contributed by atoms with van der Waals surface area (Å²) in [5.74, 6) is 1.90. The fraction of sp³-hybridized carbons (Fsp3) is 0.381. The molecule has 0 saturated carbocycles. The van der Waals surface area contributed by atoms with Crippen LogP contribution in [0, 0.1) is 11.3 Å². The van der Waals surface area contributed by atoms with Crippen molar-refractivity contribution in [3.05, 3.63) is 59.8 Å². The number of halogens is 1. The highest BCUT2D eigenvalue weighted by Gasteiger charge is 2.20. The second-order valence-corrected chi connectivity index (χ2v) is 6.60. The molecule has 0 radical (unpaired) electrons. The van der Waals surface area contributed by atoms with Gasteiger partial charge in [0.25, 0.3) is 0 Å². The van der Waals surface area contributed by atoms with Crippen molar-refractivity contribution in [1.82, 2.24) is 15.6 Å². The molecule has 2 heterocycles. The summed E-state index contributed by atoms with van der Waals surface area (Å²) in [6.45, 7) is 5.47. The number of pyridine rings is 1. The van der Waals surface area contributed by atoms with E-state index in [0.717, 1.165) is 49.8 Å². The van der Waals surface area contributed by atoms with Gasteiger partial charge in [-0.05, 0) is 49.6 Å². The van der Waals surface area contributed by atoms with Gasteiger partial charge in [-0.15, -0.1) is 24.0 Å². The lowest BCUT2D eigenvalue weighted by Crippen LogP contribution is -2.48. The van der Waals surface area contributed by atoms with Crippen molar-refractivity contribution in [2.24, 2.45) is 4.99 Å². The molecule has 1 saturated heterocycles. The third kappa shape index (κ3) is 6.37. The average Bonchev–Trinajstić information content (AvgIpc) is 2.74. The minimum Gasteiger partial charge on any atom is -0.357 e. The molecule has 2 N–H and O–H groups in total. The third-order valence-electron chi connectivity index (χ3n) is 4.66. The van der Waals surface area contributed by atoms with Gasteiger partial charge in [-0.1, -0.05) is 18.2 Å². The molecule has 0 aliphatic carbocycles. The first-order valence-electron chi connectivity index (χ1n) is 9.48. The Morgan fingerprint density at radius 3 is 2.57 bits per heavy atom. The zero-order valence-corrected chi connectivity index (χ0v) is 18.5. The standard InChI is InChI=1S/C21H26N6.HI/c1-2-23-21(25-16-18-8-6-17(15-22)7-9-18)26-19-10-13-27(14-11-19)20-5-3-4-12-24-20;/h3-9,12,19H,2,10-11,13-14,16H2,1H3,(H2,23,25,26);1H. The highest BCUT2D eigenvalue weighted by atomic mass is 127. The van der Waals surface area contributed by atoms with Crippen LogP contribution in [-0.2, 0) is 6.54 Å². The van der Waals surface area contributed by atoms with Gasteiger partial charge in [0.1, 0.15) is 5.82 Å². The minimum absolute atomic E-state index is 0. The van der Waals surface area contributed by atoms with Gasteiger partial charge in [-0.25, -0.2) is 9.98 Å². The molecule has 0 amide bonds. The first-order valence-corrected chi connectivity index (χ1v) is 9.48. The van der Waals surface area contributed by atoms with Gasteiger partial charge in [0.05, 0.1) is 18.2 Å². The fourth-order valence-electron chi connectivity index (χ4n) is 3.16. The van der Waals surface area contributed by atoms with Crippen molar-refractivity contribution in [3.8, 4) is 6.07 Å². The van der Waals surface area contributed by atoms with Crippen LogP contribution in [0.4, 0.5) is 5.82 Å². The van der Waals surface area contributed by atoms with Crippen molar-refractivity contribution in [2.45, 2.75) is 32.4 Å². The van der Waals surface area contributed by atoms with Gasteiger partial charge in [-0.2, -0.15) is 5.26 Å². The maximum Gasteiger partial charge on any atom is 0.191 e. The summed E-state index contributed by atoms with van der Waals surface area (Å²) in [4.78, 5) is 11.5. The molecule has 148 valence electrons. The Labute approximate surface area is 184 Å². The van der Waals surface area contributed by atoms with E-state index in [1.165, 1.54) is 0 Å². The Morgan fingerprint density at radius 1 is 1.21 bits per heavy atom. The van der Waals surface area contributed by atoms with Crippen LogP contribution >= 0.6 is 24.0 Å². The molecule has 28 heavy (non-hydrogen) atoms. The molecule has 1 aliphatic heterocycles. The minimum atomic E-state index is 0. The zero-order chi connectivity index (χ0) is 18.9. The summed E-state index contributed by atoms with van der Waals surface area (Å²) in [6.07, 6.45) is 3.95. The number of aliphatic imine (C=N–C) groups is 1. The number of aromatic nitrogens is 1. The average molecular weight is 490 g/mol. The van der Waals surface area contributed by atoms with E-state index in [1.54, 1.807) is 0 Å². The number of hydrogen-bond donors (Lipinski definition) is 2. The predicted octanol–water partition coefficient (Wildman–Crippen LogP) is 3.30. The smallest absolute Gasteiger partial charge is 0.191 e. The topological polar surface area (TPSA) is 76.3 Å². The summed E-state index contributed by atoms with van der Waals surface area (Å²) >= 11 is 0. The zero-order valence-electron chi connectivity index (χ0n) is 16.1. The molecule has 1 aliphatic rings. The van der Waals surface area contributed by atoms with Crippen LogP contribution in [0.1, 0.15) is 30.9 Å². The number of nitrogens with one attached hydrogen (secondary N) is 2. The van der Waals surface area contributed by atoms with Crippen LogP contribution in [0.15, 0.2) is 53.7 Å². The summed E-state index contributed by atoms with van der Waals surface area (Å²) in [5.41, 5.74) is 1.77. The monoisotopic (exact) mass is 490 g/mol. The fourth-order valence-corrected chi connectivity index (χ4v) is 3.16. The van der Waals surface area contributed by atoms with Gasteiger partial charge in [0.15, 0.2) is 5.96 Å². The molecular weight excluding hydrogens is 463 g/mol. The van der Waals surface area contributed by atoms with Crippen molar-refractivity contribution >= 4 is 35.8 Å². The number of piperidine rings is 1. The first-order chi connectivity index (χ1) is 13.3. The third-order valence-corrected chi connectivity index (χ3v) is 4.66. The number of benzene rings is 1. The lowest BCUT2D eigenvalue weighted by molar-refractivity contribution is 0.459. The Morgan fingerprint density at radius 2 is 1.96 bits per heavy atom. The molecule has 7 heteroatoms. The summed E-state index contributed by atoms with van der Waals surface area (Å²) in [7, 11) is 0. The molecular formula is C21H27IN6. The number of rotatable bonds is 5. The SMILES string of the molecule is CCNC(=NCc1ccc(C#N)cc1)NC1CCN(c2ccccn2)CC1.I. The number of hydrogen-bond acceptors (Lipinski definition) is 4. The van der Waals surface area contributed by atoms with E-state index in [2.05, 4.69) is 39.6 Å². The van der Waals surface area contributed by atoms with E-state index in [1.807, 2.05) is 42.6 Å². The molecule has 0 unspecified atom stereocenters. The van der Waals surface area contributed by atoms with E-state index in [0.29, 0.717) is 18.2 Å². The largest absolute Gasteiger partial charge is 0.357 e. The highest BCUT2D eigenvalue weighted by Crippen LogP contribution is 2.17. The summed E-state index contributed by atoms with van der Waals surface area (Å²) in [5, 5.41) is 15.8. The second-order valence-electron chi connectivity index (χ2n) is 6.60. The van der Waals surface area contributed by atoms with Crippen LogP contribution in [0.25, 0.3) is 0 Å². The molecule has 0 atom stereocenters. The lowest BCUT2D eigenvalue weighted by Gasteiger charge is -2.33. The number of nitriles is 1. The number of guanidine groups is 1. The van der Waals surface area contributed by atoms with Crippen molar-refractivity contribution in [1.29, 1.82) is 5.26 Å². The van der Waals surface area contributed by atoms with Crippen LogP contribution in [0.2, 0.25) is 0 Å². The lowest BCUT2D eigenvalue weighted by atomic mass is 10.1. The van der Waals surface area contributed by atoms with Crippen molar-refractivity contribution < 1.29 is 0 Å². The van der Waals surface area contributed by atoms with Crippen molar-refractivity contribution in [3.63, 3.8) is 0 Å². The Kier molecular flexibility index (Phi) is 9.01. The van der Waals surface area contributed by atoms with Crippen LogP contribution in [0.5, 0.6) is 0 Å². The predicted molar refractivity (Wildman–Crippen MR) is 124 cm³/mol. The molecule has 1 fully saturated rings. The van der Waals surface area contributed by atoms with Crippen LogP contribution in [-0.4, -0.2) is 36.6 Å². The van der Waals surface area contributed by atoms with E-state index >= 15 is 0 Å². The van der Waals surface area contributed by atoms with Crippen molar-refractivity contribution in [2.75, 3.05) is 24.5 Å². The van der Waals surface area contributed by atoms with Gasteiger partial charge in [0.2, 0.25) is 0 Å². The Bertz CT molecular complexity index is 777. The Hall–Kier alpha value is -2.34. The first kappa shape index (κ1) is 22.0. The maximum absolute atomic E-state index is 8.89. The molecule has 0 bridgehead atoms. The maximum atomic E-state index is 8.89. The van der Waals surface area contributed by atoms with Crippen LogP contribution < -0.4 is 15.5 Å². The highest BCUT2D eigenvalue weighted by molar-refractivity contribution is 14.0. The molecule has 6 nitrogen and oxygen atoms in total. The summed E-state index contributed by atoms with van der Waals surface area (Å²) in [6, 6.07) is 16.2. The molecule has 0 spiro atoms. The quantitative estimate of drug-likeness (QED) is 0.382. The summed E-state index contributed by atoms with van der Waals surface area (Å²) < 4.78 is 0. The molecule has 1 aromatic heterocycles. The molecule has 1 aromatic carbocycles. The van der Waals surface area contributed by atoms with E-state index in [-0.39, 0.29) is 24.0 Å². The van der Waals surface area contributed by atoms with Gasteiger partial charge >= 0.3 is 0 Å². The van der Waals surface area contributed by atoms with E-state index < -0.39 is 0 Å². The molecule has 3 rings (SSSR count). The Balaban J connectivity index is 0.00000280. The van der Waals surface area contributed by atoms with Gasteiger partial charge in [0, 0.05) is 31.9 Å². The number of anilines is 1. The number of nitrogens with zero attached hydrogens (tertiary/aromatic N) is 4. The normalized spacial score (nSPS) is 14.7. The van der Waals surface area contributed by atoms with E-state index in [9.17, 15) is 0 Å². The second kappa shape index (κ2) is 11.5. The van der Waals surface area contributed by atoms with E-state index in [4.69, 9.17) is 10.3 Å². The van der Waals surface area contributed by atoms with Gasteiger partial charge < -0.3 is 15.5 Å². The molecule has 2 aromatic rings.